The summed E-state index contributed by atoms with van der Waals surface area (Å²) in [6, 6.07) is 7.68. The first-order valence-electron chi connectivity index (χ1n) is 8.41. The molecule has 2 unspecified atom stereocenters. The number of piperidine rings is 1. The fraction of sp³-hybridized carbons (Fsp3) is 0.611. The molecule has 1 aliphatic heterocycles. The minimum absolute atomic E-state index is 0.173. The molecule has 2 rings (SSSR count). The molecule has 1 aromatic rings. The molecule has 1 saturated heterocycles. The van der Waals surface area contributed by atoms with Crippen molar-refractivity contribution in [2.75, 3.05) is 26.8 Å². The topological polar surface area (TPSA) is 67.6 Å². The number of nitrogens with two attached hydrogens (primary N) is 1. The molecule has 5 heteroatoms. The molecule has 1 aliphatic rings. The van der Waals surface area contributed by atoms with Crippen molar-refractivity contribution >= 4 is 5.91 Å². The maximum atomic E-state index is 11.9. The second kappa shape index (κ2) is 9.01. The SMILES string of the molecule is COCC(N)C(=O)NCc1ccccc1CN1CCCC(C)C1. The molecule has 0 saturated carbocycles. The van der Waals surface area contributed by atoms with E-state index in [1.54, 1.807) is 7.11 Å². The molecule has 0 bridgehead atoms. The quantitative estimate of drug-likeness (QED) is 0.799. The first-order valence-corrected chi connectivity index (χ1v) is 8.41. The van der Waals surface area contributed by atoms with Crippen LogP contribution in [0.4, 0.5) is 0 Å². The molecular formula is C18H29N3O2. The van der Waals surface area contributed by atoms with Gasteiger partial charge in [-0.05, 0) is 36.4 Å². The van der Waals surface area contributed by atoms with Gasteiger partial charge in [-0.3, -0.25) is 9.69 Å². The number of hydrogen-bond donors (Lipinski definition) is 2. The number of amides is 1. The Morgan fingerprint density at radius 1 is 1.43 bits per heavy atom. The number of carbonyl (C=O) groups excluding carboxylic acids is 1. The predicted octanol–water partition coefficient (Wildman–Crippen LogP) is 1.51. The van der Waals surface area contributed by atoms with Crippen LogP contribution in [0.25, 0.3) is 0 Å². The number of hydrogen-bond acceptors (Lipinski definition) is 4. The molecule has 23 heavy (non-hydrogen) atoms. The lowest BCUT2D eigenvalue weighted by atomic mass is 9.99. The van der Waals surface area contributed by atoms with Gasteiger partial charge in [-0.1, -0.05) is 31.2 Å². The molecule has 1 amide bonds. The zero-order chi connectivity index (χ0) is 16.7. The predicted molar refractivity (Wildman–Crippen MR) is 91.8 cm³/mol. The van der Waals surface area contributed by atoms with Crippen LogP contribution in [-0.4, -0.2) is 43.7 Å². The number of carbonyl (C=O) groups is 1. The summed E-state index contributed by atoms with van der Waals surface area (Å²) in [6.45, 7) is 6.31. The van der Waals surface area contributed by atoms with Gasteiger partial charge in [0.25, 0.3) is 0 Å². The first-order chi connectivity index (χ1) is 11.1. The monoisotopic (exact) mass is 319 g/mol. The molecule has 1 fully saturated rings. The van der Waals surface area contributed by atoms with Gasteiger partial charge in [0, 0.05) is 26.7 Å². The molecule has 0 radical (unpaired) electrons. The fourth-order valence-electron chi connectivity index (χ4n) is 3.12. The van der Waals surface area contributed by atoms with E-state index in [1.807, 2.05) is 6.07 Å². The minimum Gasteiger partial charge on any atom is -0.383 e. The Labute approximate surface area is 139 Å². The lowest BCUT2D eigenvalue weighted by Crippen LogP contribution is -2.43. The summed E-state index contributed by atoms with van der Waals surface area (Å²) in [5, 5.41) is 2.91. The summed E-state index contributed by atoms with van der Waals surface area (Å²) in [4.78, 5) is 14.4. The van der Waals surface area contributed by atoms with E-state index >= 15 is 0 Å². The highest BCUT2D eigenvalue weighted by Gasteiger charge is 2.18. The molecular weight excluding hydrogens is 290 g/mol. The average molecular weight is 319 g/mol. The number of rotatable bonds is 7. The normalized spacial score (nSPS) is 20.2. The molecule has 128 valence electrons. The Morgan fingerprint density at radius 2 is 2.17 bits per heavy atom. The number of ether oxygens (including phenoxy) is 1. The van der Waals surface area contributed by atoms with Gasteiger partial charge in [-0.2, -0.15) is 0 Å². The summed E-state index contributed by atoms with van der Waals surface area (Å²) in [6.07, 6.45) is 2.59. The van der Waals surface area contributed by atoms with Gasteiger partial charge >= 0.3 is 0 Å². The van der Waals surface area contributed by atoms with Crippen LogP contribution in [-0.2, 0) is 22.6 Å². The van der Waals surface area contributed by atoms with Crippen LogP contribution >= 0.6 is 0 Å². The van der Waals surface area contributed by atoms with E-state index in [2.05, 4.69) is 35.3 Å². The van der Waals surface area contributed by atoms with Crippen molar-refractivity contribution in [3.8, 4) is 0 Å². The maximum Gasteiger partial charge on any atom is 0.239 e. The standard InChI is InChI=1S/C18H29N3O2/c1-14-6-5-9-21(11-14)12-16-8-4-3-7-15(16)10-20-18(22)17(19)13-23-2/h3-4,7-8,14,17H,5-6,9-13,19H2,1-2H3,(H,20,22). The Bertz CT molecular complexity index is 507. The molecule has 1 heterocycles. The summed E-state index contributed by atoms with van der Waals surface area (Å²) >= 11 is 0. The third-order valence-electron chi connectivity index (χ3n) is 4.39. The second-order valence-electron chi connectivity index (χ2n) is 6.53. The number of methoxy groups -OCH3 is 1. The van der Waals surface area contributed by atoms with Crippen LogP contribution in [0.5, 0.6) is 0 Å². The van der Waals surface area contributed by atoms with Crippen molar-refractivity contribution in [2.45, 2.75) is 38.9 Å². The van der Waals surface area contributed by atoms with Gasteiger partial charge in [0.2, 0.25) is 5.91 Å². The van der Waals surface area contributed by atoms with Crippen molar-refractivity contribution in [2.24, 2.45) is 11.7 Å². The minimum atomic E-state index is -0.616. The highest BCUT2D eigenvalue weighted by Crippen LogP contribution is 2.19. The molecule has 0 spiro atoms. The number of nitrogens with one attached hydrogen (secondary N) is 1. The molecule has 0 aliphatic carbocycles. The van der Waals surface area contributed by atoms with Crippen molar-refractivity contribution in [1.82, 2.24) is 10.2 Å². The van der Waals surface area contributed by atoms with Crippen LogP contribution in [0.2, 0.25) is 0 Å². The third kappa shape index (κ3) is 5.61. The fourth-order valence-corrected chi connectivity index (χ4v) is 3.12. The van der Waals surface area contributed by atoms with Gasteiger partial charge in [0.15, 0.2) is 0 Å². The Kier molecular flexibility index (Phi) is 7.02. The lowest BCUT2D eigenvalue weighted by molar-refractivity contribution is -0.123. The van der Waals surface area contributed by atoms with Crippen molar-refractivity contribution < 1.29 is 9.53 Å². The average Bonchev–Trinajstić information content (AvgIpc) is 2.54. The van der Waals surface area contributed by atoms with E-state index in [0.29, 0.717) is 6.54 Å². The molecule has 2 atom stereocenters. The van der Waals surface area contributed by atoms with E-state index in [9.17, 15) is 4.79 Å². The van der Waals surface area contributed by atoms with E-state index in [0.717, 1.165) is 31.1 Å². The van der Waals surface area contributed by atoms with Crippen LogP contribution in [0.15, 0.2) is 24.3 Å². The summed E-state index contributed by atoms with van der Waals surface area (Å²) in [5.41, 5.74) is 8.19. The van der Waals surface area contributed by atoms with Gasteiger partial charge < -0.3 is 15.8 Å². The Balaban J connectivity index is 1.93. The zero-order valence-electron chi connectivity index (χ0n) is 14.3. The van der Waals surface area contributed by atoms with Gasteiger partial charge in [0.1, 0.15) is 6.04 Å². The first kappa shape index (κ1) is 17.9. The summed E-state index contributed by atoms with van der Waals surface area (Å²) in [7, 11) is 1.54. The maximum absolute atomic E-state index is 11.9. The number of nitrogens with zero attached hydrogens (tertiary/aromatic N) is 1. The van der Waals surface area contributed by atoms with Gasteiger partial charge in [-0.25, -0.2) is 0 Å². The molecule has 3 N–H and O–H groups in total. The molecule has 5 nitrogen and oxygen atoms in total. The van der Waals surface area contributed by atoms with Crippen LogP contribution in [0.1, 0.15) is 30.9 Å². The van der Waals surface area contributed by atoms with E-state index in [4.69, 9.17) is 10.5 Å². The van der Waals surface area contributed by atoms with Crippen LogP contribution in [0.3, 0.4) is 0 Å². The van der Waals surface area contributed by atoms with E-state index in [1.165, 1.54) is 18.4 Å². The van der Waals surface area contributed by atoms with Crippen LogP contribution < -0.4 is 11.1 Å². The zero-order valence-corrected chi connectivity index (χ0v) is 14.3. The third-order valence-corrected chi connectivity index (χ3v) is 4.39. The Hall–Kier alpha value is -1.43. The highest BCUT2D eigenvalue weighted by atomic mass is 16.5. The highest BCUT2D eigenvalue weighted by molar-refractivity contribution is 5.81. The van der Waals surface area contributed by atoms with E-state index in [-0.39, 0.29) is 12.5 Å². The van der Waals surface area contributed by atoms with Crippen molar-refractivity contribution in [1.29, 1.82) is 0 Å². The summed E-state index contributed by atoms with van der Waals surface area (Å²) in [5.74, 6) is 0.593. The summed E-state index contributed by atoms with van der Waals surface area (Å²) < 4.78 is 4.92. The lowest BCUT2D eigenvalue weighted by Gasteiger charge is -2.31. The van der Waals surface area contributed by atoms with Crippen LogP contribution in [0, 0.1) is 5.92 Å². The second-order valence-corrected chi connectivity index (χ2v) is 6.53. The van der Waals surface area contributed by atoms with Gasteiger partial charge in [-0.15, -0.1) is 0 Å². The Morgan fingerprint density at radius 3 is 2.87 bits per heavy atom. The molecule has 1 aromatic carbocycles. The van der Waals surface area contributed by atoms with Crippen molar-refractivity contribution in [3.05, 3.63) is 35.4 Å². The number of benzene rings is 1. The molecule has 0 aromatic heterocycles. The van der Waals surface area contributed by atoms with Gasteiger partial charge in [0.05, 0.1) is 6.61 Å². The van der Waals surface area contributed by atoms with Crippen molar-refractivity contribution in [3.63, 3.8) is 0 Å². The number of likely N-dealkylation sites (tertiary alicyclic amines) is 1. The largest absolute Gasteiger partial charge is 0.383 e. The smallest absolute Gasteiger partial charge is 0.239 e. The van der Waals surface area contributed by atoms with E-state index < -0.39 is 6.04 Å².